The molecule has 0 atom stereocenters. The van der Waals surface area contributed by atoms with Crippen LogP contribution < -0.4 is 15.6 Å². The van der Waals surface area contributed by atoms with Crippen molar-refractivity contribution in [3.63, 3.8) is 0 Å². The molecule has 2 aliphatic heterocycles. The fraction of sp³-hybridized carbons (Fsp3) is 0. The summed E-state index contributed by atoms with van der Waals surface area (Å²) in [6.45, 7) is 8.11. The van der Waals surface area contributed by atoms with Crippen LogP contribution in [0.5, 0.6) is 0 Å². The van der Waals surface area contributed by atoms with Crippen molar-refractivity contribution >= 4 is 29.4 Å². The van der Waals surface area contributed by atoms with Gasteiger partial charge in [-0.3, -0.25) is 0 Å². The molecule has 2 nitrogen and oxygen atoms in total. The van der Waals surface area contributed by atoms with Gasteiger partial charge in [0.15, 0.2) is 0 Å². The molecule has 3 aromatic carbocycles. The van der Waals surface area contributed by atoms with Crippen molar-refractivity contribution in [2.45, 2.75) is 0 Å². The first-order valence-corrected chi connectivity index (χ1v) is 9.16. The van der Waals surface area contributed by atoms with E-state index in [0.29, 0.717) is 0 Å². The van der Waals surface area contributed by atoms with Gasteiger partial charge in [0.05, 0.1) is 0 Å². The molecule has 2 heterocycles. The van der Waals surface area contributed by atoms with Crippen LogP contribution >= 0.6 is 0 Å². The van der Waals surface area contributed by atoms with E-state index < -0.39 is 0 Å². The van der Waals surface area contributed by atoms with Crippen molar-refractivity contribution in [2.24, 2.45) is 0 Å². The van der Waals surface area contributed by atoms with Gasteiger partial charge in [-0.15, -0.1) is 0 Å². The number of allylic oxidation sites excluding steroid dienone is 2. The normalized spacial score (nSPS) is 13.9. The molecule has 2 aliphatic rings. The molecule has 0 aromatic heterocycles. The lowest BCUT2D eigenvalue weighted by Gasteiger charge is -2.43. The third kappa shape index (κ3) is 2.15. The Morgan fingerprint density at radius 3 is 2.04 bits per heavy atom. The monoisotopic (exact) mass is 346 g/mol. The molecule has 0 bridgehead atoms. The van der Waals surface area contributed by atoms with Crippen LogP contribution in [0.2, 0.25) is 0 Å². The zero-order chi connectivity index (χ0) is 18.4. The first-order valence-electron chi connectivity index (χ1n) is 9.16. The quantitative estimate of drug-likeness (QED) is 0.680. The fourth-order valence-corrected chi connectivity index (χ4v) is 4.41. The molecule has 128 valence electrons. The van der Waals surface area contributed by atoms with Gasteiger partial charge in [-0.25, -0.2) is 0 Å². The minimum absolute atomic E-state index is 0.0750. The average molecular weight is 346 g/mol. The summed E-state index contributed by atoms with van der Waals surface area (Å²) >= 11 is 0. The summed E-state index contributed by atoms with van der Waals surface area (Å²) in [5.74, 6) is 0. The van der Waals surface area contributed by atoms with Gasteiger partial charge < -0.3 is 10.1 Å². The zero-order valence-corrected chi connectivity index (χ0v) is 15.0. The third-order valence-electron chi connectivity index (χ3n) is 5.45. The molecule has 27 heavy (non-hydrogen) atoms. The number of para-hydroxylation sites is 2. The molecule has 0 fully saturated rings. The van der Waals surface area contributed by atoms with E-state index in [2.05, 4.69) is 96.1 Å². The van der Waals surface area contributed by atoms with Crippen LogP contribution in [0.4, 0.5) is 11.4 Å². The Morgan fingerprint density at radius 2 is 1.33 bits per heavy atom. The Kier molecular flexibility index (Phi) is 3.54. The van der Waals surface area contributed by atoms with Crippen LogP contribution in [-0.4, -0.2) is 6.85 Å². The molecule has 0 radical (unpaired) electrons. The van der Waals surface area contributed by atoms with Crippen LogP contribution in [0.15, 0.2) is 104 Å². The molecule has 0 saturated carbocycles. The minimum atomic E-state index is 0.0750. The number of anilines is 2. The van der Waals surface area contributed by atoms with Gasteiger partial charge >= 0.3 is 6.85 Å². The second kappa shape index (κ2) is 6.06. The molecular formula is C24H19BN2. The van der Waals surface area contributed by atoms with E-state index in [-0.39, 0.29) is 6.85 Å². The average Bonchev–Trinajstić information content (AvgIpc) is 2.74. The van der Waals surface area contributed by atoms with Gasteiger partial charge in [-0.05, 0) is 34.8 Å². The van der Waals surface area contributed by atoms with Crippen molar-refractivity contribution in [3.8, 4) is 11.1 Å². The van der Waals surface area contributed by atoms with Gasteiger partial charge in [0.1, 0.15) is 0 Å². The largest absolute Gasteiger partial charge is 0.376 e. The van der Waals surface area contributed by atoms with Crippen LogP contribution in [-0.2, 0) is 0 Å². The maximum absolute atomic E-state index is 4.15. The van der Waals surface area contributed by atoms with Crippen LogP contribution in [0.3, 0.4) is 0 Å². The molecule has 0 saturated heterocycles. The summed E-state index contributed by atoms with van der Waals surface area (Å²) in [5.41, 5.74) is 9.67. The summed E-state index contributed by atoms with van der Waals surface area (Å²) in [5, 5.41) is 3.38. The van der Waals surface area contributed by atoms with Crippen molar-refractivity contribution < 1.29 is 0 Å². The van der Waals surface area contributed by atoms with Crippen LogP contribution in [0, 0.1) is 0 Å². The first kappa shape index (κ1) is 15.8. The number of hydrogen-bond acceptors (Lipinski definition) is 2. The van der Waals surface area contributed by atoms with Gasteiger partial charge in [0.2, 0.25) is 0 Å². The highest BCUT2D eigenvalue weighted by Gasteiger charge is 2.42. The van der Waals surface area contributed by atoms with Crippen LogP contribution in [0.25, 0.3) is 16.8 Å². The Labute approximate surface area is 160 Å². The highest BCUT2D eigenvalue weighted by atomic mass is 15.1. The van der Waals surface area contributed by atoms with Gasteiger partial charge in [0, 0.05) is 28.2 Å². The minimum Gasteiger partial charge on any atom is -0.376 e. The lowest BCUT2D eigenvalue weighted by atomic mass is 9.43. The number of nitrogens with one attached hydrogen (secondary N) is 1. The van der Waals surface area contributed by atoms with E-state index in [1.807, 2.05) is 6.08 Å². The SMILES string of the molecule is C=CNC1=C(C=C)B2c3ccccc3-c3ccccc3N2c2ccccc21. The molecule has 0 amide bonds. The zero-order valence-electron chi connectivity index (χ0n) is 15.0. The van der Waals surface area contributed by atoms with Crippen LogP contribution in [0.1, 0.15) is 5.56 Å². The molecule has 5 rings (SSSR count). The van der Waals surface area contributed by atoms with E-state index in [1.54, 1.807) is 6.20 Å². The van der Waals surface area contributed by atoms with Gasteiger partial charge in [-0.2, -0.15) is 0 Å². The first-order chi connectivity index (χ1) is 13.3. The van der Waals surface area contributed by atoms with E-state index >= 15 is 0 Å². The highest BCUT2D eigenvalue weighted by Crippen LogP contribution is 2.46. The second-order valence-corrected chi connectivity index (χ2v) is 6.78. The third-order valence-corrected chi connectivity index (χ3v) is 5.45. The Balaban J connectivity index is 1.91. The summed E-state index contributed by atoms with van der Waals surface area (Å²) in [6, 6.07) is 25.8. The summed E-state index contributed by atoms with van der Waals surface area (Å²) in [4.78, 5) is 2.44. The van der Waals surface area contributed by atoms with E-state index in [9.17, 15) is 0 Å². The number of hydrogen-bond donors (Lipinski definition) is 1. The van der Waals surface area contributed by atoms with Gasteiger partial charge in [-0.1, -0.05) is 79.9 Å². The summed E-state index contributed by atoms with van der Waals surface area (Å²) < 4.78 is 0. The number of benzene rings is 3. The molecule has 0 unspecified atom stereocenters. The maximum atomic E-state index is 4.15. The van der Waals surface area contributed by atoms with E-state index in [4.69, 9.17) is 0 Å². The van der Waals surface area contributed by atoms with Crippen molar-refractivity contribution in [1.29, 1.82) is 0 Å². The Morgan fingerprint density at radius 1 is 0.741 bits per heavy atom. The Bertz CT molecular complexity index is 1110. The van der Waals surface area contributed by atoms with Crippen molar-refractivity contribution in [3.05, 3.63) is 109 Å². The number of rotatable bonds is 3. The molecule has 0 spiro atoms. The second-order valence-electron chi connectivity index (χ2n) is 6.78. The number of fused-ring (bicyclic) bond motifs is 8. The van der Waals surface area contributed by atoms with E-state index in [1.165, 1.54) is 28.0 Å². The summed E-state index contributed by atoms with van der Waals surface area (Å²) in [7, 11) is 0. The molecular weight excluding hydrogens is 327 g/mol. The predicted molar refractivity (Wildman–Crippen MR) is 116 cm³/mol. The molecule has 0 aliphatic carbocycles. The maximum Gasteiger partial charge on any atom is 0.330 e. The molecule has 3 aromatic rings. The fourth-order valence-electron chi connectivity index (χ4n) is 4.41. The van der Waals surface area contributed by atoms with Crippen molar-refractivity contribution in [1.82, 2.24) is 5.32 Å². The summed E-state index contributed by atoms with van der Waals surface area (Å²) in [6.07, 6.45) is 3.72. The molecule has 3 heteroatoms. The predicted octanol–water partition coefficient (Wildman–Crippen LogP) is 4.89. The lowest BCUT2D eigenvalue weighted by molar-refractivity contribution is 1.19. The lowest BCUT2D eigenvalue weighted by Crippen LogP contribution is -2.53. The van der Waals surface area contributed by atoms with Gasteiger partial charge in [0.25, 0.3) is 0 Å². The Hall–Kier alpha value is -3.46. The van der Waals surface area contributed by atoms with E-state index in [0.717, 1.165) is 16.7 Å². The smallest absolute Gasteiger partial charge is 0.330 e. The highest BCUT2D eigenvalue weighted by molar-refractivity contribution is 6.88. The topological polar surface area (TPSA) is 15.3 Å². The molecule has 1 N–H and O–H groups in total. The number of nitrogens with zero attached hydrogens (tertiary/aromatic N) is 1. The van der Waals surface area contributed by atoms with Crippen molar-refractivity contribution in [2.75, 3.05) is 4.81 Å². The standard InChI is InChI=1S/C24H19BN2/c1-3-20-24(26-4-2)19-13-7-10-16-23(19)27-22-15-9-6-12-18(22)17-11-5-8-14-21(17)25(20)27/h3-16,26H,1-2H2.